The van der Waals surface area contributed by atoms with E-state index in [0.29, 0.717) is 28.6 Å². The Morgan fingerprint density at radius 3 is 2.41 bits per heavy atom. The standard InChI is InChI=1S/C20H21N3O4/c1-12-9-17(12)20(26)23-15-4-2-3-13(10-15)19(25)22-14-5-7-16(8-6-14)27-11-18(21)24/h2-8,10,12,17H,9,11H2,1H3,(H2,21,24)(H,22,25)(H,23,26). The van der Waals surface area contributed by atoms with Gasteiger partial charge in [0, 0.05) is 22.9 Å². The lowest BCUT2D eigenvalue weighted by Gasteiger charge is -2.09. The number of carbonyl (C=O) groups excluding carboxylic acids is 3. The minimum absolute atomic E-state index is 0.00777. The van der Waals surface area contributed by atoms with Crippen LogP contribution in [-0.2, 0) is 9.59 Å². The number of anilines is 2. The van der Waals surface area contributed by atoms with Gasteiger partial charge in [-0.15, -0.1) is 0 Å². The molecular weight excluding hydrogens is 346 g/mol. The highest BCUT2D eigenvalue weighted by molar-refractivity contribution is 6.05. The van der Waals surface area contributed by atoms with Crippen molar-refractivity contribution < 1.29 is 19.1 Å². The van der Waals surface area contributed by atoms with Crippen molar-refractivity contribution in [3.05, 3.63) is 54.1 Å². The molecule has 0 spiro atoms. The fraction of sp³-hybridized carbons (Fsp3) is 0.250. The van der Waals surface area contributed by atoms with Gasteiger partial charge in [-0.05, 0) is 54.8 Å². The van der Waals surface area contributed by atoms with Crippen LogP contribution in [0.5, 0.6) is 5.75 Å². The normalized spacial score (nSPS) is 17.7. The van der Waals surface area contributed by atoms with Gasteiger partial charge in [-0.3, -0.25) is 14.4 Å². The van der Waals surface area contributed by atoms with Gasteiger partial charge in [0.1, 0.15) is 5.75 Å². The number of rotatable bonds is 7. The highest BCUT2D eigenvalue weighted by Crippen LogP contribution is 2.38. The average Bonchev–Trinajstić information content (AvgIpc) is 3.38. The van der Waals surface area contributed by atoms with E-state index in [9.17, 15) is 14.4 Å². The van der Waals surface area contributed by atoms with E-state index in [4.69, 9.17) is 10.5 Å². The van der Waals surface area contributed by atoms with Gasteiger partial charge in [-0.25, -0.2) is 0 Å². The van der Waals surface area contributed by atoms with Gasteiger partial charge in [-0.2, -0.15) is 0 Å². The van der Waals surface area contributed by atoms with E-state index < -0.39 is 5.91 Å². The average molecular weight is 367 g/mol. The molecule has 7 heteroatoms. The highest BCUT2D eigenvalue weighted by Gasteiger charge is 2.39. The van der Waals surface area contributed by atoms with Crippen molar-refractivity contribution >= 4 is 29.1 Å². The molecule has 3 amide bonds. The van der Waals surface area contributed by atoms with Gasteiger partial charge < -0.3 is 21.1 Å². The summed E-state index contributed by atoms with van der Waals surface area (Å²) in [4.78, 5) is 35.2. The second-order valence-electron chi connectivity index (χ2n) is 6.62. The van der Waals surface area contributed by atoms with Crippen molar-refractivity contribution in [2.45, 2.75) is 13.3 Å². The second-order valence-corrected chi connectivity index (χ2v) is 6.62. The van der Waals surface area contributed by atoms with Crippen LogP contribution < -0.4 is 21.1 Å². The summed E-state index contributed by atoms with van der Waals surface area (Å²) in [6.45, 7) is 1.84. The summed E-state index contributed by atoms with van der Waals surface area (Å²) in [5, 5.41) is 5.62. The van der Waals surface area contributed by atoms with Crippen molar-refractivity contribution in [3.63, 3.8) is 0 Å². The van der Waals surface area contributed by atoms with Gasteiger partial charge in [0.2, 0.25) is 5.91 Å². The molecule has 4 N–H and O–H groups in total. The van der Waals surface area contributed by atoms with E-state index in [1.807, 2.05) is 6.92 Å². The SMILES string of the molecule is CC1CC1C(=O)Nc1cccc(C(=O)Nc2ccc(OCC(N)=O)cc2)c1. The van der Waals surface area contributed by atoms with Crippen LogP contribution in [0, 0.1) is 11.8 Å². The van der Waals surface area contributed by atoms with Gasteiger partial charge in [0.25, 0.3) is 11.8 Å². The van der Waals surface area contributed by atoms with Crippen LogP contribution in [0.25, 0.3) is 0 Å². The zero-order valence-corrected chi connectivity index (χ0v) is 14.9. The number of hydrogen-bond acceptors (Lipinski definition) is 4. The highest BCUT2D eigenvalue weighted by atomic mass is 16.5. The molecule has 0 saturated heterocycles. The Morgan fingerprint density at radius 1 is 1.07 bits per heavy atom. The van der Waals surface area contributed by atoms with Crippen LogP contribution in [0.4, 0.5) is 11.4 Å². The molecule has 2 atom stereocenters. The molecule has 1 aliphatic carbocycles. The Balaban J connectivity index is 1.59. The van der Waals surface area contributed by atoms with Crippen LogP contribution in [0.15, 0.2) is 48.5 Å². The number of benzene rings is 2. The predicted octanol–water partition coefficient (Wildman–Crippen LogP) is 2.40. The van der Waals surface area contributed by atoms with E-state index in [1.54, 1.807) is 48.5 Å². The third-order valence-electron chi connectivity index (χ3n) is 4.33. The molecule has 0 heterocycles. The summed E-state index contributed by atoms with van der Waals surface area (Å²) in [6.07, 6.45) is 0.908. The largest absolute Gasteiger partial charge is 0.484 e. The molecule has 0 aliphatic heterocycles. The third-order valence-corrected chi connectivity index (χ3v) is 4.33. The zero-order valence-electron chi connectivity index (χ0n) is 14.9. The van der Waals surface area contributed by atoms with Gasteiger partial charge >= 0.3 is 0 Å². The third kappa shape index (κ3) is 5.07. The van der Waals surface area contributed by atoms with Crippen molar-refractivity contribution in [1.29, 1.82) is 0 Å². The first-order valence-corrected chi connectivity index (χ1v) is 8.66. The summed E-state index contributed by atoms with van der Waals surface area (Å²) in [5.74, 6) is 0.105. The van der Waals surface area contributed by atoms with Crippen LogP contribution in [0.2, 0.25) is 0 Å². The molecule has 2 aromatic rings. The molecule has 140 valence electrons. The van der Waals surface area contributed by atoms with Gasteiger partial charge in [0.05, 0.1) is 0 Å². The second kappa shape index (κ2) is 7.90. The molecule has 3 rings (SSSR count). The lowest BCUT2D eigenvalue weighted by Crippen LogP contribution is -2.20. The topological polar surface area (TPSA) is 111 Å². The molecule has 1 saturated carbocycles. The molecule has 0 radical (unpaired) electrons. The zero-order chi connectivity index (χ0) is 19.4. The number of primary amides is 1. The van der Waals surface area contributed by atoms with Gasteiger partial charge in [0.15, 0.2) is 6.61 Å². The minimum atomic E-state index is -0.560. The number of ether oxygens (including phenoxy) is 1. The van der Waals surface area contributed by atoms with E-state index in [-0.39, 0.29) is 24.3 Å². The van der Waals surface area contributed by atoms with Crippen LogP contribution in [-0.4, -0.2) is 24.3 Å². The molecule has 0 aromatic heterocycles. The molecule has 2 aromatic carbocycles. The van der Waals surface area contributed by atoms with E-state index >= 15 is 0 Å². The quantitative estimate of drug-likeness (QED) is 0.698. The summed E-state index contributed by atoms with van der Waals surface area (Å²) >= 11 is 0. The van der Waals surface area contributed by atoms with Crippen molar-refractivity contribution in [3.8, 4) is 5.75 Å². The maximum absolute atomic E-state index is 12.4. The number of carbonyl (C=O) groups is 3. The van der Waals surface area contributed by atoms with Crippen molar-refractivity contribution in [2.75, 3.05) is 17.2 Å². The Labute approximate surface area is 156 Å². The van der Waals surface area contributed by atoms with Crippen molar-refractivity contribution in [1.82, 2.24) is 0 Å². The predicted molar refractivity (Wildman–Crippen MR) is 101 cm³/mol. The molecule has 1 aliphatic rings. The Hall–Kier alpha value is -3.35. The van der Waals surface area contributed by atoms with E-state index in [0.717, 1.165) is 6.42 Å². The maximum atomic E-state index is 12.4. The number of amides is 3. The van der Waals surface area contributed by atoms with Crippen LogP contribution in [0.1, 0.15) is 23.7 Å². The summed E-state index contributed by atoms with van der Waals surface area (Å²) in [5.41, 5.74) is 6.63. The molecule has 7 nitrogen and oxygen atoms in total. The first-order chi connectivity index (χ1) is 12.9. The Bertz CT molecular complexity index is 864. The lowest BCUT2D eigenvalue weighted by atomic mass is 10.1. The molecule has 1 fully saturated rings. The summed E-state index contributed by atoms with van der Waals surface area (Å²) in [6, 6.07) is 13.4. The van der Waals surface area contributed by atoms with Gasteiger partial charge in [-0.1, -0.05) is 13.0 Å². The summed E-state index contributed by atoms with van der Waals surface area (Å²) < 4.78 is 5.17. The van der Waals surface area contributed by atoms with E-state index in [2.05, 4.69) is 10.6 Å². The number of nitrogens with one attached hydrogen (secondary N) is 2. The lowest BCUT2D eigenvalue weighted by molar-refractivity contribution is -0.120. The molecule has 0 bridgehead atoms. The monoisotopic (exact) mass is 367 g/mol. The maximum Gasteiger partial charge on any atom is 0.255 e. The van der Waals surface area contributed by atoms with Crippen LogP contribution >= 0.6 is 0 Å². The van der Waals surface area contributed by atoms with E-state index in [1.165, 1.54) is 0 Å². The molecule has 27 heavy (non-hydrogen) atoms. The fourth-order valence-corrected chi connectivity index (χ4v) is 2.65. The Kier molecular flexibility index (Phi) is 5.40. The Morgan fingerprint density at radius 2 is 1.78 bits per heavy atom. The van der Waals surface area contributed by atoms with Crippen LogP contribution in [0.3, 0.4) is 0 Å². The first kappa shape index (κ1) is 18.4. The fourth-order valence-electron chi connectivity index (χ4n) is 2.65. The minimum Gasteiger partial charge on any atom is -0.484 e. The first-order valence-electron chi connectivity index (χ1n) is 8.66. The number of nitrogens with two attached hydrogens (primary N) is 1. The summed E-state index contributed by atoms with van der Waals surface area (Å²) in [7, 11) is 0. The smallest absolute Gasteiger partial charge is 0.255 e. The molecular formula is C20H21N3O4. The number of hydrogen-bond donors (Lipinski definition) is 3. The van der Waals surface area contributed by atoms with Crippen molar-refractivity contribution in [2.24, 2.45) is 17.6 Å². The molecule has 2 unspecified atom stereocenters.